The fourth-order valence-corrected chi connectivity index (χ4v) is 1.78. The minimum atomic E-state index is -0.593. The van der Waals surface area contributed by atoms with Gasteiger partial charge >= 0.3 is 0 Å². The van der Waals surface area contributed by atoms with E-state index in [0.717, 1.165) is 19.3 Å². The van der Waals surface area contributed by atoms with Gasteiger partial charge < -0.3 is 5.32 Å². The molecule has 3 atom stereocenters. The lowest BCUT2D eigenvalue weighted by atomic mass is 9.59. The molecule has 0 aromatic rings. The normalized spacial score (nSPS) is 38.6. The SMILES string of the molecule is C[B]C1CC(NC)CCC1F. The molecule has 1 rings (SSSR count). The largest absolute Gasteiger partial charge is 0.317 e. The van der Waals surface area contributed by atoms with Gasteiger partial charge in [0.1, 0.15) is 7.28 Å². The first kappa shape index (κ1) is 9.05. The smallest absolute Gasteiger partial charge is 0.113 e. The van der Waals surface area contributed by atoms with Crippen molar-refractivity contribution in [3.05, 3.63) is 0 Å². The van der Waals surface area contributed by atoms with Crippen molar-refractivity contribution in [2.75, 3.05) is 7.05 Å². The molecule has 1 fully saturated rings. The van der Waals surface area contributed by atoms with E-state index in [-0.39, 0.29) is 5.82 Å². The summed E-state index contributed by atoms with van der Waals surface area (Å²) >= 11 is 0. The average Bonchev–Trinajstić information content (AvgIpc) is 2.05. The lowest BCUT2D eigenvalue weighted by molar-refractivity contribution is 0.224. The number of nitrogens with one attached hydrogen (secondary N) is 1. The number of alkyl halides is 1. The molecular weight excluding hydrogens is 140 g/mol. The maximum atomic E-state index is 13.1. The van der Waals surface area contributed by atoms with Crippen molar-refractivity contribution in [3.8, 4) is 0 Å². The predicted octanol–water partition coefficient (Wildman–Crippen LogP) is 1.64. The molecule has 1 saturated carbocycles. The molecule has 0 amide bonds. The first-order chi connectivity index (χ1) is 5.27. The van der Waals surface area contributed by atoms with Gasteiger partial charge in [-0.3, -0.25) is 0 Å². The highest BCUT2D eigenvalue weighted by Crippen LogP contribution is 2.30. The van der Waals surface area contributed by atoms with Gasteiger partial charge in [0.15, 0.2) is 0 Å². The minimum absolute atomic E-state index is 0.182. The molecule has 1 radical (unpaired) electrons. The van der Waals surface area contributed by atoms with E-state index in [9.17, 15) is 4.39 Å². The first-order valence-corrected chi connectivity index (χ1v) is 4.38. The van der Waals surface area contributed by atoms with Gasteiger partial charge in [-0.2, -0.15) is 0 Å². The zero-order valence-electron chi connectivity index (χ0n) is 7.31. The Bertz CT molecular complexity index is 121. The molecule has 0 aromatic heterocycles. The summed E-state index contributed by atoms with van der Waals surface area (Å²) in [6.07, 6.45) is 2.08. The van der Waals surface area contributed by atoms with E-state index in [1.807, 2.05) is 21.2 Å². The van der Waals surface area contributed by atoms with Crippen LogP contribution in [0.4, 0.5) is 4.39 Å². The summed E-state index contributed by atoms with van der Waals surface area (Å²) in [7, 11) is 3.95. The summed E-state index contributed by atoms with van der Waals surface area (Å²) in [5.74, 6) is 0.182. The van der Waals surface area contributed by atoms with Crippen LogP contribution < -0.4 is 5.32 Å². The summed E-state index contributed by atoms with van der Waals surface area (Å²) < 4.78 is 13.1. The Kier molecular flexibility index (Phi) is 3.37. The second-order valence-corrected chi connectivity index (χ2v) is 3.31. The van der Waals surface area contributed by atoms with Gasteiger partial charge in [-0.25, -0.2) is 4.39 Å². The minimum Gasteiger partial charge on any atom is -0.317 e. The molecule has 0 spiro atoms. The molecule has 1 nitrogen and oxygen atoms in total. The zero-order chi connectivity index (χ0) is 8.27. The van der Waals surface area contributed by atoms with E-state index < -0.39 is 6.17 Å². The molecule has 11 heavy (non-hydrogen) atoms. The third-order valence-corrected chi connectivity index (χ3v) is 2.65. The Hall–Kier alpha value is -0.0451. The van der Waals surface area contributed by atoms with Crippen LogP contribution in [0.3, 0.4) is 0 Å². The van der Waals surface area contributed by atoms with Crippen molar-refractivity contribution in [3.63, 3.8) is 0 Å². The van der Waals surface area contributed by atoms with Gasteiger partial charge in [0.2, 0.25) is 0 Å². The number of halogens is 1. The van der Waals surface area contributed by atoms with E-state index in [1.54, 1.807) is 0 Å². The van der Waals surface area contributed by atoms with Crippen LogP contribution in [-0.4, -0.2) is 26.5 Å². The quantitative estimate of drug-likeness (QED) is 0.599. The van der Waals surface area contributed by atoms with Crippen LogP contribution in [-0.2, 0) is 0 Å². The highest BCUT2D eigenvalue weighted by Gasteiger charge is 2.28. The number of rotatable bonds is 2. The van der Waals surface area contributed by atoms with Crippen LogP contribution in [0.2, 0.25) is 12.6 Å². The van der Waals surface area contributed by atoms with E-state index >= 15 is 0 Å². The highest BCUT2D eigenvalue weighted by molar-refractivity contribution is 6.36. The van der Waals surface area contributed by atoms with Crippen molar-refractivity contribution in [2.45, 2.75) is 44.1 Å². The molecule has 63 valence electrons. The Morgan fingerprint density at radius 1 is 1.45 bits per heavy atom. The van der Waals surface area contributed by atoms with Crippen LogP contribution in [0.15, 0.2) is 0 Å². The Labute approximate surface area is 69.0 Å². The Balaban J connectivity index is 2.37. The molecule has 0 aliphatic heterocycles. The van der Waals surface area contributed by atoms with Crippen molar-refractivity contribution in [2.24, 2.45) is 0 Å². The van der Waals surface area contributed by atoms with Gasteiger partial charge in [-0.1, -0.05) is 6.82 Å². The van der Waals surface area contributed by atoms with Crippen LogP contribution in [0, 0.1) is 0 Å². The number of hydrogen-bond donors (Lipinski definition) is 1. The summed E-state index contributed by atoms with van der Waals surface area (Å²) in [6, 6.07) is 0.531. The fraction of sp³-hybridized carbons (Fsp3) is 1.00. The summed E-state index contributed by atoms with van der Waals surface area (Å²) in [6.45, 7) is 1.95. The van der Waals surface area contributed by atoms with Gasteiger partial charge in [0.25, 0.3) is 0 Å². The summed E-state index contributed by atoms with van der Waals surface area (Å²) in [5, 5.41) is 3.20. The van der Waals surface area contributed by atoms with Crippen molar-refractivity contribution >= 4 is 7.28 Å². The van der Waals surface area contributed by atoms with Crippen LogP contribution in [0.25, 0.3) is 0 Å². The van der Waals surface area contributed by atoms with E-state index in [0.29, 0.717) is 6.04 Å². The molecule has 1 N–H and O–H groups in total. The monoisotopic (exact) mass is 156 g/mol. The Morgan fingerprint density at radius 3 is 2.73 bits per heavy atom. The van der Waals surface area contributed by atoms with Gasteiger partial charge in [0, 0.05) is 6.04 Å². The van der Waals surface area contributed by atoms with Gasteiger partial charge in [-0.05, 0) is 32.1 Å². The Morgan fingerprint density at radius 2 is 2.18 bits per heavy atom. The van der Waals surface area contributed by atoms with Crippen molar-refractivity contribution in [1.82, 2.24) is 5.32 Å². The van der Waals surface area contributed by atoms with Crippen molar-refractivity contribution in [1.29, 1.82) is 0 Å². The third-order valence-electron chi connectivity index (χ3n) is 2.65. The van der Waals surface area contributed by atoms with Crippen molar-refractivity contribution < 1.29 is 4.39 Å². The molecule has 0 bridgehead atoms. The predicted molar refractivity (Wildman–Crippen MR) is 47.0 cm³/mol. The standard InChI is InChI=1S/C8H16BFN/c1-9-7-5-6(11-2)3-4-8(7)10/h6-8,11H,3-5H2,1-2H3. The fourth-order valence-electron chi connectivity index (χ4n) is 1.78. The first-order valence-electron chi connectivity index (χ1n) is 4.38. The van der Waals surface area contributed by atoms with Gasteiger partial charge in [0.05, 0.1) is 6.17 Å². The maximum absolute atomic E-state index is 13.1. The summed E-state index contributed by atoms with van der Waals surface area (Å²) in [5.41, 5.74) is 0. The topological polar surface area (TPSA) is 12.0 Å². The third kappa shape index (κ3) is 2.19. The van der Waals surface area contributed by atoms with Crippen LogP contribution >= 0.6 is 0 Å². The molecular formula is C8H16BFN. The molecule has 0 heterocycles. The molecule has 0 saturated heterocycles. The maximum Gasteiger partial charge on any atom is 0.113 e. The summed E-state index contributed by atoms with van der Waals surface area (Å²) in [4.78, 5) is 0. The zero-order valence-corrected chi connectivity index (χ0v) is 7.31. The number of hydrogen-bond acceptors (Lipinski definition) is 1. The van der Waals surface area contributed by atoms with Crippen LogP contribution in [0.1, 0.15) is 19.3 Å². The lowest BCUT2D eigenvalue weighted by Gasteiger charge is -2.30. The molecule has 3 heteroatoms. The van der Waals surface area contributed by atoms with E-state index in [2.05, 4.69) is 5.32 Å². The molecule has 1 aliphatic rings. The van der Waals surface area contributed by atoms with Crippen LogP contribution in [0.5, 0.6) is 0 Å². The average molecular weight is 156 g/mol. The van der Waals surface area contributed by atoms with E-state index in [4.69, 9.17) is 0 Å². The van der Waals surface area contributed by atoms with E-state index in [1.165, 1.54) is 0 Å². The lowest BCUT2D eigenvalue weighted by Crippen LogP contribution is -2.35. The highest BCUT2D eigenvalue weighted by atomic mass is 19.1. The molecule has 1 aliphatic carbocycles. The molecule has 0 aromatic carbocycles. The second kappa shape index (κ2) is 4.10. The second-order valence-electron chi connectivity index (χ2n) is 3.31. The van der Waals surface area contributed by atoms with Gasteiger partial charge in [-0.15, -0.1) is 0 Å². The molecule has 3 unspecified atom stereocenters.